The fourth-order valence-corrected chi connectivity index (χ4v) is 2.94. The Kier molecular flexibility index (Phi) is 1.74. The second-order valence-electron chi connectivity index (χ2n) is 3.42. The summed E-state index contributed by atoms with van der Waals surface area (Å²) < 4.78 is 2.47. The Labute approximate surface area is 91.2 Å². The van der Waals surface area contributed by atoms with E-state index in [1.807, 2.05) is 30.3 Å². The molecule has 0 unspecified atom stereocenters. The van der Waals surface area contributed by atoms with Crippen molar-refractivity contribution in [1.29, 1.82) is 5.26 Å². The number of thiophene rings is 1. The van der Waals surface area contributed by atoms with Gasteiger partial charge in [0, 0.05) is 20.2 Å². The first kappa shape index (κ1) is 8.46. The van der Waals surface area contributed by atoms with E-state index in [1.54, 1.807) is 11.3 Å². The Balaban J connectivity index is 2.50. The molecule has 0 aliphatic heterocycles. The maximum atomic E-state index is 8.83. The van der Waals surface area contributed by atoms with Crippen molar-refractivity contribution in [3.8, 4) is 6.07 Å². The van der Waals surface area contributed by atoms with E-state index in [2.05, 4.69) is 18.2 Å². The molecule has 0 bridgehead atoms. The predicted octanol–water partition coefficient (Wildman–Crippen LogP) is 3.93. The SMILES string of the molecule is N#Cc1ccc2c(c1)sc1ccccc12. The van der Waals surface area contributed by atoms with Crippen molar-refractivity contribution in [3.05, 3.63) is 48.0 Å². The van der Waals surface area contributed by atoms with Gasteiger partial charge in [-0.25, -0.2) is 0 Å². The number of benzene rings is 2. The maximum absolute atomic E-state index is 8.83. The molecule has 15 heavy (non-hydrogen) atoms. The van der Waals surface area contributed by atoms with Crippen LogP contribution >= 0.6 is 11.3 Å². The summed E-state index contributed by atoms with van der Waals surface area (Å²) in [7, 11) is 0. The molecule has 2 aromatic carbocycles. The lowest BCUT2D eigenvalue weighted by molar-refractivity contribution is 1.50. The Morgan fingerprint density at radius 1 is 0.933 bits per heavy atom. The van der Waals surface area contributed by atoms with E-state index in [0.717, 1.165) is 5.56 Å². The summed E-state index contributed by atoms with van der Waals surface area (Å²) in [5.74, 6) is 0. The second-order valence-corrected chi connectivity index (χ2v) is 4.50. The van der Waals surface area contributed by atoms with Crippen LogP contribution in [0.5, 0.6) is 0 Å². The summed E-state index contributed by atoms with van der Waals surface area (Å²) >= 11 is 1.74. The lowest BCUT2D eigenvalue weighted by atomic mass is 10.1. The molecular formula is C13H7NS. The molecular weight excluding hydrogens is 202 g/mol. The molecule has 1 aromatic heterocycles. The van der Waals surface area contributed by atoms with E-state index in [1.165, 1.54) is 20.2 Å². The number of fused-ring (bicyclic) bond motifs is 3. The van der Waals surface area contributed by atoms with Gasteiger partial charge in [0.1, 0.15) is 0 Å². The molecule has 0 N–H and O–H groups in total. The van der Waals surface area contributed by atoms with Crippen LogP contribution in [0.2, 0.25) is 0 Å². The zero-order valence-electron chi connectivity index (χ0n) is 7.90. The van der Waals surface area contributed by atoms with Gasteiger partial charge in [0.25, 0.3) is 0 Å². The highest BCUT2D eigenvalue weighted by Gasteiger charge is 2.04. The highest BCUT2D eigenvalue weighted by molar-refractivity contribution is 7.25. The van der Waals surface area contributed by atoms with Gasteiger partial charge in [-0.3, -0.25) is 0 Å². The first-order chi connectivity index (χ1) is 7.38. The minimum atomic E-state index is 0.731. The quantitative estimate of drug-likeness (QED) is 0.550. The summed E-state index contributed by atoms with van der Waals surface area (Å²) in [4.78, 5) is 0. The minimum absolute atomic E-state index is 0.731. The molecule has 3 rings (SSSR count). The van der Waals surface area contributed by atoms with Crippen molar-refractivity contribution in [3.63, 3.8) is 0 Å². The molecule has 0 spiro atoms. The third-order valence-electron chi connectivity index (χ3n) is 2.51. The van der Waals surface area contributed by atoms with Crippen molar-refractivity contribution in [2.24, 2.45) is 0 Å². The van der Waals surface area contributed by atoms with Crippen molar-refractivity contribution >= 4 is 31.5 Å². The maximum Gasteiger partial charge on any atom is 0.0992 e. The topological polar surface area (TPSA) is 23.8 Å². The van der Waals surface area contributed by atoms with E-state index in [0.29, 0.717) is 0 Å². The second kappa shape index (κ2) is 3.08. The molecule has 0 amide bonds. The molecule has 0 aliphatic carbocycles. The van der Waals surface area contributed by atoms with Gasteiger partial charge in [0.15, 0.2) is 0 Å². The van der Waals surface area contributed by atoms with Gasteiger partial charge in [-0.1, -0.05) is 24.3 Å². The average molecular weight is 209 g/mol. The lowest BCUT2D eigenvalue weighted by Crippen LogP contribution is -1.71. The number of nitrogens with zero attached hydrogens (tertiary/aromatic N) is 1. The standard InChI is InChI=1S/C13H7NS/c14-8-9-5-6-11-10-3-1-2-4-12(10)15-13(11)7-9/h1-7H. The first-order valence-corrected chi connectivity index (χ1v) is 5.51. The third-order valence-corrected chi connectivity index (χ3v) is 3.64. The van der Waals surface area contributed by atoms with Crippen molar-refractivity contribution in [2.45, 2.75) is 0 Å². The van der Waals surface area contributed by atoms with Gasteiger partial charge in [-0.2, -0.15) is 5.26 Å². The van der Waals surface area contributed by atoms with Crippen LogP contribution in [0.1, 0.15) is 5.56 Å². The van der Waals surface area contributed by atoms with Gasteiger partial charge >= 0.3 is 0 Å². The van der Waals surface area contributed by atoms with Crippen LogP contribution in [-0.2, 0) is 0 Å². The Morgan fingerprint density at radius 3 is 2.60 bits per heavy atom. The Hall–Kier alpha value is -1.85. The molecule has 70 valence electrons. The molecule has 3 aromatic rings. The molecule has 1 nitrogen and oxygen atoms in total. The molecule has 1 heterocycles. The van der Waals surface area contributed by atoms with E-state index in [4.69, 9.17) is 5.26 Å². The largest absolute Gasteiger partial charge is 0.192 e. The van der Waals surface area contributed by atoms with Crippen LogP contribution in [0.15, 0.2) is 42.5 Å². The highest BCUT2D eigenvalue weighted by atomic mass is 32.1. The Bertz CT molecular complexity index is 688. The van der Waals surface area contributed by atoms with Crippen molar-refractivity contribution < 1.29 is 0 Å². The van der Waals surface area contributed by atoms with Gasteiger partial charge in [0.05, 0.1) is 11.6 Å². The monoisotopic (exact) mass is 209 g/mol. The minimum Gasteiger partial charge on any atom is -0.192 e. The summed E-state index contributed by atoms with van der Waals surface area (Å²) in [5.41, 5.74) is 0.731. The summed E-state index contributed by atoms with van der Waals surface area (Å²) in [6, 6.07) is 16.4. The molecule has 0 radical (unpaired) electrons. The molecule has 0 fully saturated rings. The van der Waals surface area contributed by atoms with Crippen LogP contribution in [0.25, 0.3) is 20.2 Å². The normalized spacial score (nSPS) is 10.6. The number of hydrogen-bond acceptors (Lipinski definition) is 2. The van der Waals surface area contributed by atoms with Crippen LogP contribution < -0.4 is 0 Å². The molecule has 0 saturated carbocycles. The van der Waals surface area contributed by atoms with Crippen molar-refractivity contribution in [1.82, 2.24) is 0 Å². The van der Waals surface area contributed by atoms with E-state index >= 15 is 0 Å². The molecule has 2 heteroatoms. The highest BCUT2D eigenvalue weighted by Crippen LogP contribution is 2.33. The van der Waals surface area contributed by atoms with Crippen LogP contribution in [0.4, 0.5) is 0 Å². The lowest BCUT2D eigenvalue weighted by Gasteiger charge is -1.90. The van der Waals surface area contributed by atoms with Gasteiger partial charge in [0.2, 0.25) is 0 Å². The Morgan fingerprint density at radius 2 is 1.73 bits per heavy atom. The van der Waals surface area contributed by atoms with E-state index < -0.39 is 0 Å². The summed E-state index contributed by atoms with van der Waals surface area (Å²) in [6.45, 7) is 0. The average Bonchev–Trinajstić information content (AvgIpc) is 2.66. The fourth-order valence-electron chi connectivity index (χ4n) is 1.80. The summed E-state index contributed by atoms with van der Waals surface area (Å²) in [6.07, 6.45) is 0. The first-order valence-electron chi connectivity index (χ1n) is 4.70. The van der Waals surface area contributed by atoms with Crippen LogP contribution in [0.3, 0.4) is 0 Å². The zero-order valence-corrected chi connectivity index (χ0v) is 8.71. The van der Waals surface area contributed by atoms with Gasteiger partial charge < -0.3 is 0 Å². The number of nitriles is 1. The number of hydrogen-bond donors (Lipinski definition) is 0. The van der Waals surface area contributed by atoms with Crippen molar-refractivity contribution in [2.75, 3.05) is 0 Å². The summed E-state index contributed by atoms with van der Waals surface area (Å²) in [5, 5.41) is 11.4. The van der Waals surface area contributed by atoms with E-state index in [-0.39, 0.29) is 0 Å². The smallest absolute Gasteiger partial charge is 0.0992 e. The van der Waals surface area contributed by atoms with Crippen LogP contribution in [0, 0.1) is 11.3 Å². The molecule has 0 atom stereocenters. The predicted molar refractivity (Wildman–Crippen MR) is 64.0 cm³/mol. The van der Waals surface area contributed by atoms with Gasteiger partial charge in [-0.05, 0) is 18.2 Å². The zero-order chi connectivity index (χ0) is 10.3. The van der Waals surface area contributed by atoms with Crippen LogP contribution in [-0.4, -0.2) is 0 Å². The number of rotatable bonds is 0. The third kappa shape index (κ3) is 1.21. The fraction of sp³-hybridized carbons (Fsp3) is 0. The molecule has 0 aliphatic rings. The molecule has 0 saturated heterocycles. The van der Waals surface area contributed by atoms with E-state index in [9.17, 15) is 0 Å². The van der Waals surface area contributed by atoms with Gasteiger partial charge in [-0.15, -0.1) is 11.3 Å².